The number of aliphatic hydroxyl groups excluding tert-OH is 2. The fourth-order valence-corrected chi connectivity index (χ4v) is 1.02. The maximum absolute atomic E-state index is 9.30. The molecular weight excluding hydrogens is 140 g/mol. The summed E-state index contributed by atoms with van der Waals surface area (Å²) in [6, 6.07) is 0. The van der Waals surface area contributed by atoms with Crippen molar-refractivity contribution in [2.45, 2.75) is 44.6 Å². The highest BCUT2D eigenvalue weighted by Crippen LogP contribution is 2.07. The Kier molecular flexibility index (Phi) is 7.96. The topological polar surface area (TPSA) is 40.5 Å². The minimum atomic E-state index is -0.178. The summed E-state index contributed by atoms with van der Waals surface area (Å²) in [5.74, 6) is 0. The van der Waals surface area contributed by atoms with Crippen LogP contribution < -0.4 is 0 Å². The zero-order valence-electron chi connectivity index (χ0n) is 7.13. The SMILES string of the molecule is [CH2]CCCC(O)CCCCO. The first kappa shape index (κ1) is 10.9. The van der Waals surface area contributed by atoms with Gasteiger partial charge in [0.2, 0.25) is 0 Å². The second-order valence-electron chi connectivity index (χ2n) is 2.87. The molecule has 0 aliphatic heterocycles. The fourth-order valence-electron chi connectivity index (χ4n) is 1.02. The van der Waals surface area contributed by atoms with E-state index in [0.717, 1.165) is 38.5 Å². The van der Waals surface area contributed by atoms with Gasteiger partial charge in [-0.2, -0.15) is 0 Å². The molecule has 0 aromatic carbocycles. The smallest absolute Gasteiger partial charge is 0.0540 e. The molecule has 0 saturated heterocycles. The Morgan fingerprint density at radius 2 is 1.73 bits per heavy atom. The summed E-state index contributed by atoms with van der Waals surface area (Å²) in [5, 5.41) is 17.8. The number of aliphatic hydroxyl groups is 2. The number of rotatable bonds is 7. The molecule has 0 spiro atoms. The lowest BCUT2D eigenvalue weighted by Gasteiger charge is -2.08. The molecule has 67 valence electrons. The second-order valence-corrected chi connectivity index (χ2v) is 2.87. The Labute approximate surface area is 69.2 Å². The summed E-state index contributed by atoms with van der Waals surface area (Å²) in [6.07, 6.45) is 5.13. The van der Waals surface area contributed by atoms with E-state index in [1.807, 2.05) is 0 Å². The molecule has 0 aliphatic carbocycles. The standard InChI is InChI=1S/C9H19O2/c1-2-3-6-9(11)7-4-5-8-10/h9-11H,1-8H2. The normalized spacial score (nSPS) is 13.4. The molecule has 0 fully saturated rings. The lowest BCUT2D eigenvalue weighted by Crippen LogP contribution is -2.05. The van der Waals surface area contributed by atoms with Gasteiger partial charge in [0.1, 0.15) is 0 Å². The maximum atomic E-state index is 9.30. The molecule has 2 nitrogen and oxygen atoms in total. The summed E-state index contributed by atoms with van der Waals surface area (Å²) in [5.41, 5.74) is 0. The molecule has 2 N–H and O–H groups in total. The van der Waals surface area contributed by atoms with Crippen molar-refractivity contribution in [1.29, 1.82) is 0 Å². The van der Waals surface area contributed by atoms with Crippen molar-refractivity contribution in [2.75, 3.05) is 6.61 Å². The first-order valence-electron chi connectivity index (χ1n) is 4.39. The summed E-state index contributed by atoms with van der Waals surface area (Å²) in [7, 11) is 0. The molecule has 0 aromatic heterocycles. The largest absolute Gasteiger partial charge is 0.396 e. The number of hydrogen-bond donors (Lipinski definition) is 2. The van der Waals surface area contributed by atoms with Gasteiger partial charge in [-0.25, -0.2) is 0 Å². The number of hydrogen-bond acceptors (Lipinski definition) is 2. The van der Waals surface area contributed by atoms with E-state index in [9.17, 15) is 5.11 Å². The van der Waals surface area contributed by atoms with Gasteiger partial charge in [-0.1, -0.05) is 19.8 Å². The van der Waals surface area contributed by atoms with E-state index in [2.05, 4.69) is 6.92 Å². The van der Waals surface area contributed by atoms with Crippen LogP contribution in [-0.2, 0) is 0 Å². The van der Waals surface area contributed by atoms with E-state index in [4.69, 9.17) is 5.11 Å². The molecule has 1 unspecified atom stereocenters. The monoisotopic (exact) mass is 159 g/mol. The third kappa shape index (κ3) is 7.82. The van der Waals surface area contributed by atoms with E-state index in [-0.39, 0.29) is 12.7 Å². The van der Waals surface area contributed by atoms with Gasteiger partial charge in [-0.15, -0.1) is 0 Å². The van der Waals surface area contributed by atoms with Gasteiger partial charge in [0, 0.05) is 6.61 Å². The van der Waals surface area contributed by atoms with Crippen molar-refractivity contribution in [3.63, 3.8) is 0 Å². The average molecular weight is 159 g/mol. The van der Waals surface area contributed by atoms with Gasteiger partial charge < -0.3 is 10.2 Å². The molecule has 1 atom stereocenters. The van der Waals surface area contributed by atoms with Gasteiger partial charge >= 0.3 is 0 Å². The average Bonchev–Trinajstić information content (AvgIpc) is 2.01. The zero-order valence-corrected chi connectivity index (χ0v) is 7.13. The third-order valence-electron chi connectivity index (χ3n) is 1.73. The van der Waals surface area contributed by atoms with Crippen molar-refractivity contribution >= 4 is 0 Å². The highest BCUT2D eigenvalue weighted by atomic mass is 16.3. The second kappa shape index (κ2) is 8.02. The van der Waals surface area contributed by atoms with E-state index in [1.165, 1.54) is 0 Å². The number of unbranched alkanes of at least 4 members (excludes halogenated alkanes) is 2. The molecule has 0 heterocycles. The lowest BCUT2D eigenvalue weighted by molar-refractivity contribution is 0.145. The molecule has 0 amide bonds. The van der Waals surface area contributed by atoms with E-state index < -0.39 is 0 Å². The predicted octanol–water partition coefficient (Wildman–Crippen LogP) is 1.51. The van der Waals surface area contributed by atoms with E-state index in [0.29, 0.717) is 0 Å². The first-order valence-corrected chi connectivity index (χ1v) is 4.39. The quantitative estimate of drug-likeness (QED) is 0.553. The van der Waals surface area contributed by atoms with Gasteiger partial charge in [0.25, 0.3) is 0 Å². The van der Waals surface area contributed by atoms with E-state index in [1.54, 1.807) is 0 Å². The van der Waals surface area contributed by atoms with Crippen LogP contribution >= 0.6 is 0 Å². The van der Waals surface area contributed by atoms with Crippen molar-refractivity contribution < 1.29 is 10.2 Å². The van der Waals surface area contributed by atoms with Crippen LogP contribution in [0.25, 0.3) is 0 Å². The van der Waals surface area contributed by atoms with Crippen LogP contribution in [-0.4, -0.2) is 22.9 Å². The van der Waals surface area contributed by atoms with Gasteiger partial charge in [0.15, 0.2) is 0 Å². The molecule has 11 heavy (non-hydrogen) atoms. The van der Waals surface area contributed by atoms with Gasteiger partial charge in [0.05, 0.1) is 6.10 Å². The Morgan fingerprint density at radius 3 is 2.27 bits per heavy atom. The van der Waals surface area contributed by atoms with Crippen LogP contribution in [0.15, 0.2) is 0 Å². The Morgan fingerprint density at radius 1 is 1.09 bits per heavy atom. The van der Waals surface area contributed by atoms with Crippen molar-refractivity contribution in [3.8, 4) is 0 Å². The van der Waals surface area contributed by atoms with Crippen LogP contribution in [0.4, 0.5) is 0 Å². The third-order valence-corrected chi connectivity index (χ3v) is 1.73. The molecule has 1 radical (unpaired) electrons. The fraction of sp³-hybridized carbons (Fsp3) is 0.889. The highest BCUT2D eigenvalue weighted by molar-refractivity contribution is 4.56. The maximum Gasteiger partial charge on any atom is 0.0540 e. The molecule has 0 saturated carbocycles. The molecule has 2 heteroatoms. The summed E-state index contributed by atoms with van der Waals surface area (Å²) in [6.45, 7) is 3.94. The predicted molar refractivity (Wildman–Crippen MR) is 46.2 cm³/mol. The highest BCUT2D eigenvalue weighted by Gasteiger charge is 2.01. The Bertz CT molecular complexity index is 74.0. The van der Waals surface area contributed by atoms with Crippen molar-refractivity contribution in [3.05, 3.63) is 6.92 Å². The van der Waals surface area contributed by atoms with Crippen LogP contribution in [0.5, 0.6) is 0 Å². The Hall–Kier alpha value is -0.0800. The molecule has 0 rings (SSSR count). The summed E-state index contributed by atoms with van der Waals surface area (Å²) >= 11 is 0. The minimum absolute atomic E-state index is 0.178. The molecule has 0 bridgehead atoms. The molecular formula is C9H19O2. The van der Waals surface area contributed by atoms with Crippen LogP contribution in [0.2, 0.25) is 0 Å². The van der Waals surface area contributed by atoms with Crippen molar-refractivity contribution in [1.82, 2.24) is 0 Å². The van der Waals surface area contributed by atoms with Gasteiger partial charge in [-0.3, -0.25) is 0 Å². The van der Waals surface area contributed by atoms with E-state index >= 15 is 0 Å². The van der Waals surface area contributed by atoms with Crippen LogP contribution in [0.3, 0.4) is 0 Å². The molecule has 0 aromatic rings. The zero-order chi connectivity index (χ0) is 8.53. The van der Waals surface area contributed by atoms with Crippen LogP contribution in [0, 0.1) is 6.92 Å². The minimum Gasteiger partial charge on any atom is -0.396 e. The first-order chi connectivity index (χ1) is 5.31. The lowest BCUT2D eigenvalue weighted by atomic mass is 10.1. The summed E-state index contributed by atoms with van der Waals surface area (Å²) < 4.78 is 0. The van der Waals surface area contributed by atoms with Gasteiger partial charge in [-0.05, 0) is 25.7 Å². The molecule has 0 aliphatic rings. The van der Waals surface area contributed by atoms with Crippen LogP contribution in [0.1, 0.15) is 38.5 Å². The van der Waals surface area contributed by atoms with Crippen molar-refractivity contribution in [2.24, 2.45) is 0 Å². The summed E-state index contributed by atoms with van der Waals surface area (Å²) in [4.78, 5) is 0. The Balaban J connectivity index is 3.02.